The number of halogens is 3. The molecule has 9 nitrogen and oxygen atoms in total. The highest BCUT2D eigenvalue weighted by Crippen LogP contribution is 2.37. The summed E-state index contributed by atoms with van der Waals surface area (Å²) in [5.74, 6) is -2.06. The van der Waals surface area contributed by atoms with Gasteiger partial charge in [0.25, 0.3) is 11.6 Å². The molecule has 2 aromatic rings. The average Bonchev–Trinajstić information content (AvgIpc) is 2.59. The number of aryl methyl sites for hydroxylation is 1. The standard InChI is InChI=1S/C15H11F3N4O5/c1-8-5-20-12(6-19-8)14(24)27-7-13(23)21-11-3-2-9(22(25)26)4-10(11)15(16,17)18/h2-6H,7H2,1H3,(H,21,23). The Kier molecular flexibility index (Phi) is 5.68. The van der Waals surface area contributed by atoms with E-state index in [1.807, 2.05) is 5.32 Å². The van der Waals surface area contributed by atoms with Crippen LogP contribution in [0.4, 0.5) is 24.5 Å². The first-order valence-electron chi connectivity index (χ1n) is 7.19. The molecule has 1 aromatic carbocycles. The maximum atomic E-state index is 13.0. The topological polar surface area (TPSA) is 124 Å². The smallest absolute Gasteiger partial charge is 0.418 e. The van der Waals surface area contributed by atoms with Crippen molar-refractivity contribution in [3.63, 3.8) is 0 Å². The van der Waals surface area contributed by atoms with Crippen molar-refractivity contribution < 1.29 is 32.4 Å². The minimum Gasteiger partial charge on any atom is -0.451 e. The maximum absolute atomic E-state index is 13.0. The first-order chi connectivity index (χ1) is 12.6. The number of esters is 1. The number of carbonyl (C=O) groups is 2. The van der Waals surface area contributed by atoms with E-state index in [4.69, 9.17) is 0 Å². The largest absolute Gasteiger partial charge is 0.451 e. The summed E-state index contributed by atoms with van der Waals surface area (Å²) < 4.78 is 43.8. The summed E-state index contributed by atoms with van der Waals surface area (Å²) in [7, 11) is 0. The van der Waals surface area contributed by atoms with Crippen LogP contribution in [-0.2, 0) is 15.7 Å². The van der Waals surface area contributed by atoms with Gasteiger partial charge < -0.3 is 10.1 Å². The quantitative estimate of drug-likeness (QED) is 0.477. The molecule has 2 rings (SSSR count). The number of nitrogens with zero attached hydrogens (tertiary/aromatic N) is 3. The molecule has 0 radical (unpaired) electrons. The van der Waals surface area contributed by atoms with Gasteiger partial charge in [0.05, 0.1) is 28.1 Å². The van der Waals surface area contributed by atoms with Crippen LogP contribution < -0.4 is 5.32 Å². The van der Waals surface area contributed by atoms with Crippen molar-refractivity contribution >= 4 is 23.3 Å². The number of hydrogen-bond acceptors (Lipinski definition) is 7. The van der Waals surface area contributed by atoms with E-state index in [0.29, 0.717) is 11.8 Å². The van der Waals surface area contributed by atoms with Crippen molar-refractivity contribution in [3.05, 3.63) is 57.7 Å². The zero-order valence-electron chi connectivity index (χ0n) is 13.6. The van der Waals surface area contributed by atoms with Crippen LogP contribution in [-0.4, -0.2) is 33.4 Å². The SMILES string of the molecule is Cc1cnc(C(=O)OCC(=O)Nc2ccc([N+](=O)[O-])cc2C(F)(F)F)cn1. The van der Waals surface area contributed by atoms with E-state index >= 15 is 0 Å². The lowest BCUT2D eigenvalue weighted by Gasteiger charge is -2.13. The van der Waals surface area contributed by atoms with Gasteiger partial charge in [-0.15, -0.1) is 0 Å². The molecule has 0 spiro atoms. The zero-order chi connectivity index (χ0) is 20.2. The maximum Gasteiger partial charge on any atom is 0.418 e. The molecule has 0 atom stereocenters. The molecule has 1 amide bonds. The summed E-state index contributed by atoms with van der Waals surface area (Å²) >= 11 is 0. The lowest BCUT2D eigenvalue weighted by atomic mass is 10.1. The normalized spacial score (nSPS) is 11.0. The molecule has 27 heavy (non-hydrogen) atoms. The predicted molar refractivity (Wildman–Crippen MR) is 83.8 cm³/mol. The monoisotopic (exact) mass is 384 g/mol. The number of hydrogen-bond donors (Lipinski definition) is 1. The average molecular weight is 384 g/mol. The summed E-state index contributed by atoms with van der Waals surface area (Å²) in [5, 5.41) is 12.5. The molecule has 0 unspecified atom stereocenters. The van der Waals surface area contributed by atoms with Gasteiger partial charge in [-0.2, -0.15) is 13.2 Å². The third kappa shape index (κ3) is 5.20. The molecule has 0 aliphatic carbocycles. The van der Waals surface area contributed by atoms with E-state index in [9.17, 15) is 32.9 Å². The Balaban J connectivity index is 2.08. The molecule has 1 N–H and O–H groups in total. The molecular weight excluding hydrogens is 373 g/mol. The number of nitro groups is 1. The Bertz CT molecular complexity index is 884. The highest BCUT2D eigenvalue weighted by molar-refractivity contribution is 5.95. The van der Waals surface area contributed by atoms with Gasteiger partial charge in [-0.25, -0.2) is 9.78 Å². The molecule has 0 saturated carbocycles. The van der Waals surface area contributed by atoms with Crippen LogP contribution in [0.2, 0.25) is 0 Å². The summed E-state index contributed by atoms with van der Waals surface area (Å²) in [6, 6.07) is 1.84. The Morgan fingerprint density at radius 1 is 1.26 bits per heavy atom. The van der Waals surface area contributed by atoms with Gasteiger partial charge >= 0.3 is 12.1 Å². The lowest BCUT2D eigenvalue weighted by Crippen LogP contribution is -2.23. The molecule has 0 fully saturated rings. The Hall–Kier alpha value is -3.57. The van der Waals surface area contributed by atoms with Crippen LogP contribution in [0.1, 0.15) is 21.7 Å². The number of nitro benzene ring substituents is 1. The van der Waals surface area contributed by atoms with Gasteiger partial charge in [0.15, 0.2) is 12.3 Å². The molecule has 0 saturated heterocycles. The first kappa shape index (κ1) is 19.8. The van der Waals surface area contributed by atoms with Crippen molar-refractivity contribution in [1.82, 2.24) is 9.97 Å². The van der Waals surface area contributed by atoms with Gasteiger partial charge in [0.2, 0.25) is 0 Å². The number of amides is 1. The fourth-order valence-corrected chi connectivity index (χ4v) is 1.88. The Morgan fingerprint density at radius 2 is 1.96 bits per heavy atom. The molecule has 0 bridgehead atoms. The van der Waals surface area contributed by atoms with Crippen molar-refractivity contribution in [3.8, 4) is 0 Å². The number of non-ortho nitro benzene ring substituents is 1. The Morgan fingerprint density at radius 3 is 2.52 bits per heavy atom. The number of benzene rings is 1. The molecule has 0 aliphatic rings. The summed E-state index contributed by atoms with van der Waals surface area (Å²) in [4.78, 5) is 40.7. The minimum atomic E-state index is -4.94. The van der Waals surface area contributed by atoms with Crippen LogP contribution in [0.3, 0.4) is 0 Å². The van der Waals surface area contributed by atoms with E-state index in [1.54, 1.807) is 6.92 Å². The highest BCUT2D eigenvalue weighted by atomic mass is 19.4. The summed E-state index contributed by atoms with van der Waals surface area (Å²) in [5.41, 5.74) is -2.53. The molecule has 12 heteroatoms. The van der Waals surface area contributed by atoms with Crippen molar-refractivity contribution in [2.24, 2.45) is 0 Å². The lowest BCUT2D eigenvalue weighted by molar-refractivity contribution is -0.385. The number of ether oxygens (including phenoxy) is 1. The van der Waals surface area contributed by atoms with E-state index in [0.717, 1.165) is 18.3 Å². The van der Waals surface area contributed by atoms with E-state index in [1.165, 1.54) is 6.20 Å². The molecule has 0 aliphatic heterocycles. The fraction of sp³-hybridized carbons (Fsp3) is 0.200. The van der Waals surface area contributed by atoms with Gasteiger partial charge in [0, 0.05) is 18.3 Å². The van der Waals surface area contributed by atoms with Crippen LogP contribution in [0, 0.1) is 17.0 Å². The Labute approximate surface area is 149 Å². The van der Waals surface area contributed by atoms with Crippen LogP contribution >= 0.6 is 0 Å². The van der Waals surface area contributed by atoms with Crippen LogP contribution in [0.5, 0.6) is 0 Å². The van der Waals surface area contributed by atoms with Crippen LogP contribution in [0.15, 0.2) is 30.6 Å². The van der Waals surface area contributed by atoms with E-state index in [-0.39, 0.29) is 5.69 Å². The number of anilines is 1. The van der Waals surface area contributed by atoms with Crippen molar-refractivity contribution in [2.45, 2.75) is 13.1 Å². The van der Waals surface area contributed by atoms with Gasteiger partial charge in [-0.05, 0) is 13.0 Å². The second kappa shape index (κ2) is 7.76. The number of aromatic nitrogens is 2. The molecule has 142 valence electrons. The van der Waals surface area contributed by atoms with Crippen LogP contribution in [0.25, 0.3) is 0 Å². The number of alkyl halides is 3. The number of rotatable bonds is 5. The first-order valence-corrected chi connectivity index (χ1v) is 7.19. The summed E-state index contributed by atoms with van der Waals surface area (Å²) in [6.45, 7) is 0.751. The number of carbonyl (C=O) groups excluding carboxylic acids is 2. The van der Waals surface area contributed by atoms with Crippen molar-refractivity contribution in [2.75, 3.05) is 11.9 Å². The van der Waals surface area contributed by atoms with E-state index < -0.39 is 46.5 Å². The molecule has 1 heterocycles. The third-order valence-corrected chi connectivity index (χ3v) is 3.12. The van der Waals surface area contributed by atoms with Gasteiger partial charge in [-0.1, -0.05) is 0 Å². The second-order valence-corrected chi connectivity index (χ2v) is 5.15. The predicted octanol–water partition coefficient (Wildman–Crippen LogP) is 2.51. The second-order valence-electron chi connectivity index (χ2n) is 5.15. The van der Waals surface area contributed by atoms with E-state index in [2.05, 4.69) is 14.7 Å². The fourth-order valence-electron chi connectivity index (χ4n) is 1.88. The van der Waals surface area contributed by atoms with Gasteiger partial charge in [0.1, 0.15) is 0 Å². The van der Waals surface area contributed by atoms with Gasteiger partial charge in [-0.3, -0.25) is 19.9 Å². The summed E-state index contributed by atoms with van der Waals surface area (Å²) in [6.07, 6.45) is -2.53. The third-order valence-electron chi connectivity index (χ3n) is 3.12. The molecule has 1 aromatic heterocycles. The highest BCUT2D eigenvalue weighted by Gasteiger charge is 2.35. The zero-order valence-corrected chi connectivity index (χ0v) is 13.6. The minimum absolute atomic E-state index is 0.181. The molecular formula is C15H11F3N4O5. The number of nitrogens with one attached hydrogen (secondary N) is 1. The van der Waals surface area contributed by atoms with Crippen molar-refractivity contribution in [1.29, 1.82) is 0 Å².